The molecule has 1 fully saturated rings. The summed E-state index contributed by atoms with van der Waals surface area (Å²) in [5, 5.41) is 0. The van der Waals surface area contributed by atoms with Gasteiger partial charge >= 0.3 is 0 Å². The molecule has 0 radical (unpaired) electrons. The molecule has 1 atom stereocenters. The number of rotatable bonds is 9. The molecule has 0 saturated carbocycles. The zero-order valence-corrected chi connectivity index (χ0v) is 13.6. The average Bonchev–Trinajstić information content (AvgIpc) is 2.53. The fourth-order valence-electron chi connectivity index (χ4n) is 2.24. The van der Waals surface area contributed by atoms with Crippen LogP contribution in [0, 0.1) is 23.7 Å². The quantitative estimate of drug-likeness (QED) is 0.453. The smallest absolute Gasteiger partial charge is 0.157 e. The minimum atomic E-state index is 0.0721. The van der Waals surface area contributed by atoms with Gasteiger partial charge in [-0.25, -0.2) is 0 Å². The summed E-state index contributed by atoms with van der Waals surface area (Å²) in [7, 11) is 0. The first-order valence-electron chi connectivity index (χ1n) is 8.62. The van der Waals surface area contributed by atoms with Gasteiger partial charge in [0.2, 0.25) is 0 Å². The molecule has 118 valence electrons. The molecular weight excluding hydrogens is 260 g/mol. The van der Waals surface area contributed by atoms with Gasteiger partial charge in [-0.1, -0.05) is 38.0 Å². The van der Waals surface area contributed by atoms with Crippen LogP contribution in [0.25, 0.3) is 0 Å². The van der Waals surface area contributed by atoms with Crippen molar-refractivity contribution in [3.8, 4) is 23.7 Å². The largest absolute Gasteiger partial charge is 0.353 e. The minimum absolute atomic E-state index is 0.0721. The van der Waals surface area contributed by atoms with Crippen molar-refractivity contribution >= 4 is 0 Å². The highest BCUT2D eigenvalue weighted by atomic mass is 16.7. The summed E-state index contributed by atoms with van der Waals surface area (Å²) < 4.78 is 11.3. The van der Waals surface area contributed by atoms with Gasteiger partial charge in [0.15, 0.2) is 6.29 Å². The van der Waals surface area contributed by atoms with Crippen molar-refractivity contribution < 1.29 is 9.47 Å². The van der Waals surface area contributed by atoms with Gasteiger partial charge in [-0.05, 0) is 50.4 Å². The highest BCUT2D eigenvalue weighted by molar-refractivity contribution is 5.25. The summed E-state index contributed by atoms with van der Waals surface area (Å²) in [5.41, 5.74) is 0. The molecule has 1 aliphatic rings. The van der Waals surface area contributed by atoms with Crippen molar-refractivity contribution in [1.82, 2.24) is 0 Å². The molecule has 0 aliphatic carbocycles. The zero-order valence-electron chi connectivity index (χ0n) is 13.6. The molecule has 0 N–H and O–H groups in total. The molecule has 0 spiro atoms. The Hall–Kier alpha value is -0.960. The first kappa shape index (κ1) is 18.1. The second-order valence-electron chi connectivity index (χ2n) is 5.54. The molecule has 0 aromatic carbocycles. The van der Waals surface area contributed by atoms with Crippen LogP contribution in [-0.2, 0) is 9.47 Å². The van der Waals surface area contributed by atoms with Gasteiger partial charge in [0, 0.05) is 26.1 Å². The van der Waals surface area contributed by atoms with Gasteiger partial charge in [-0.2, -0.15) is 0 Å². The summed E-state index contributed by atoms with van der Waals surface area (Å²) in [4.78, 5) is 0. The van der Waals surface area contributed by atoms with Crippen LogP contribution in [0.15, 0.2) is 0 Å². The van der Waals surface area contributed by atoms with E-state index in [9.17, 15) is 0 Å². The van der Waals surface area contributed by atoms with Crippen LogP contribution in [0.4, 0.5) is 0 Å². The van der Waals surface area contributed by atoms with Gasteiger partial charge in [0.25, 0.3) is 0 Å². The number of ether oxygens (including phenoxy) is 2. The van der Waals surface area contributed by atoms with Crippen LogP contribution in [0.3, 0.4) is 0 Å². The van der Waals surface area contributed by atoms with Crippen LogP contribution in [-0.4, -0.2) is 19.5 Å². The van der Waals surface area contributed by atoms with Gasteiger partial charge in [-0.15, -0.1) is 0 Å². The first-order chi connectivity index (χ1) is 10.4. The Labute approximate surface area is 131 Å². The molecule has 1 heterocycles. The molecule has 0 aromatic heterocycles. The van der Waals surface area contributed by atoms with E-state index in [4.69, 9.17) is 9.47 Å². The van der Waals surface area contributed by atoms with E-state index in [0.29, 0.717) is 0 Å². The molecule has 2 nitrogen and oxygen atoms in total. The summed E-state index contributed by atoms with van der Waals surface area (Å²) in [6, 6.07) is 0. The van der Waals surface area contributed by atoms with E-state index in [1.54, 1.807) is 0 Å². The van der Waals surface area contributed by atoms with Gasteiger partial charge in [-0.3, -0.25) is 0 Å². The highest BCUT2D eigenvalue weighted by Crippen LogP contribution is 2.14. The molecule has 2 heteroatoms. The lowest BCUT2D eigenvalue weighted by Crippen LogP contribution is -2.22. The Morgan fingerprint density at radius 3 is 2.48 bits per heavy atom. The maximum absolute atomic E-state index is 5.71. The van der Waals surface area contributed by atoms with Crippen LogP contribution in [0.1, 0.15) is 77.6 Å². The van der Waals surface area contributed by atoms with E-state index >= 15 is 0 Å². The van der Waals surface area contributed by atoms with E-state index in [2.05, 4.69) is 30.6 Å². The number of unbranched alkanes of at least 4 members (excludes halogenated alkanes) is 6. The number of hydrogen-bond acceptors (Lipinski definition) is 2. The SMILES string of the molecule is CCCC#CC#CCCCCCCCOC1CCCCO1. The van der Waals surface area contributed by atoms with Crippen LogP contribution in [0.5, 0.6) is 0 Å². The molecule has 0 aromatic rings. The summed E-state index contributed by atoms with van der Waals surface area (Å²) >= 11 is 0. The van der Waals surface area contributed by atoms with Gasteiger partial charge < -0.3 is 9.47 Å². The molecule has 1 rings (SSSR count). The highest BCUT2D eigenvalue weighted by Gasteiger charge is 2.13. The molecule has 0 bridgehead atoms. The van der Waals surface area contributed by atoms with Crippen LogP contribution < -0.4 is 0 Å². The fraction of sp³-hybridized carbons (Fsp3) is 0.789. The predicted molar refractivity (Wildman–Crippen MR) is 87.7 cm³/mol. The molecule has 1 aliphatic heterocycles. The van der Waals surface area contributed by atoms with Gasteiger partial charge in [0.05, 0.1) is 0 Å². The van der Waals surface area contributed by atoms with Gasteiger partial charge in [0.1, 0.15) is 0 Å². The lowest BCUT2D eigenvalue weighted by molar-refractivity contribution is -0.162. The molecule has 21 heavy (non-hydrogen) atoms. The standard InChI is InChI=1S/C19H30O2/c1-2-3-4-5-6-7-8-9-10-11-12-14-17-20-19-16-13-15-18-21-19/h19H,2-3,8-18H2,1H3. The Balaban J connectivity index is 1.81. The van der Waals surface area contributed by atoms with E-state index in [1.165, 1.54) is 38.5 Å². The minimum Gasteiger partial charge on any atom is -0.353 e. The molecular formula is C19H30O2. The first-order valence-corrected chi connectivity index (χ1v) is 8.62. The lowest BCUT2D eigenvalue weighted by Gasteiger charge is -2.22. The average molecular weight is 290 g/mol. The normalized spacial score (nSPS) is 17.5. The zero-order chi connectivity index (χ0) is 15.0. The summed E-state index contributed by atoms with van der Waals surface area (Å²) in [6.07, 6.45) is 12.7. The van der Waals surface area contributed by atoms with Crippen molar-refractivity contribution in [2.75, 3.05) is 13.2 Å². The van der Waals surface area contributed by atoms with Crippen LogP contribution >= 0.6 is 0 Å². The lowest BCUT2D eigenvalue weighted by atomic mass is 10.1. The summed E-state index contributed by atoms with van der Waals surface area (Å²) in [5.74, 6) is 12.0. The van der Waals surface area contributed by atoms with E-state index in [0.717, 1.165) is 45.3 Å². The van der Waals surface area contributed by atoms with Crippen LogP contribution in [0.2, 0.25) is 0 Å². The Morgan fingerprint density at radius 1 is 0.952 bits per heavy atom. The Bertz CT molecular complexity index is 347. The van der Waals surface area contributed by atoms with Crippen molar-refractivity contribution in [3.63, 3.8) is 0 Å². The Kier molecular flexibility index (Phi) is 12.1. The van der Waals surface area contributed by atoms with E-state index < -0.39 is 0 Å². The van der Waals surface area contributed by atoms with E-state index in [-0.39, 0.29) is 6.29 Å². The third-order valence-corrected chi connectivity index (χ3v) is 3.50. The van der Waals surface area contributed by atoms with Crippen molar-refractivity contribution in [2.45, 2.75) is 83.8 Å². The monoisotopic (exact) mass is 290 g/mol. The molecule has 1 saturated heterocycles. The molecule has 1 unspecified atom stereocenters. The third kappa shape index (κ3) is 11.4. The van der Waals surface area contributed by atoms with Crippen molar-refractivity contribution in [1.29, 1.82) is 0 Å². The predicted octanol–water partition coefficient (Wildman–Crippen LogP) is 4.68. The second kappa shape index (κ2) is 14.0. The molecule has 0 amide bonds. The Morgan fingerprint density at radius 2 is 1.71 bits per heavy atom. The van der Waals surface area contributed by atoms with Crippen molar-refractivity contribution in [2.24, 2.45) is 0 Å². The van der Waals surface area contributed by atoms with E-state index in [1.807, 2.05) is 0 Å². The number of hydrogen-bond donors (Lipinski definition) is 0. The maximum Gasteiger partial charge on any atom is 0.157 e. The third-order valence-electron chi connectivity index (χ3n) is 3.50. The van der Waals surface area contributed by atoms with Crippen molar-refractivity contribution in [3.05, 3.63) is 0 Å². The second-order valence-corrected chi connectivity index (χ2v) is 5.54. The maximum atomic E-state index is 5.71. The topological polar surface area (TPSA) is 18.5 Å². The fourth-order valence-corrected chi connectivity index (χ4v) is 2.24. The summed E-state index contributed by atoms with van der Waals surface area (Å²) in [6.45, 7) is 3.85.